The molecule has 0 saturated carbocycles. The minimum absolute atomic E-state index is 0.103. The maximum Gasteiger partial charge on any atom is 0.257 e. The second-order valence-corrected chi connectivity index (χ2v) is 8.43. The number of anilines is 2. The molecule has 2 heterocycles. The van der Waals surface area contributed by atoms with Crippen LogP contribution in [0.15, 0.2) is 30.5 Å². The van der Waals surface area contributed by atoms with Crippen LogP contribution in [0.5, 0.6) is 0 Å². The lowest BCUT2D eigenvalue weighted by Gasteiger charge is -2.21. The van der Waals surface area contributed by atoms with Gasteiger partial charge < -0.3 is 10.2 Å². The molecular formula is C20H28N4OS. The van der Waals surface area contributed by atoms with Crippen LogP contribution in [0.1, 0.15) is 47.8 Å². The van der Waals surface area contributed by atoms with Crippen LogP contribution in [-0.2, 0) is 0 Å². The van der Waals surface area contributed by atoms with Crippen molar-refractivity contribution in [3.8, 4) is 0 Å². The molecule has 2 aromatic rings. The summed E-state index contributed by atoms with van der Waals surface area (Å²) in [6.45, 7) is 7.50. The van der Waals surface area contributed by atoms with Crippen LogP contribution in [0, 0.1) is 5.92 Å². The molecule has 26 heavy (non-hydrogen) atoms. The summed E-state index contributed by atoms with van der Waals surface area (Å²) in [6, 6.07) is 7.75. The van der Waals surface area contributed by atoms with Gasteiger partial charge in [-0.1, -0.05) is 13.8 Å². The number of hydrogen-bond donors (Lipinski definition) is 2. The summed E-state index contributed by atoms with van der Waals surface area (Å²) in [6.07, 6.45) is 4.20. The van der Waals surface area contributed by atoms with Crippen molar-refractivity contribution in [1.29, 1.82) is 0 Å². The van der Waals surface area contributed by atoms with Gasteiger partial charge in [0.15, 0.2) is 5.13 Å². The van der Waals surface area contributed by atoms with Gasteiger partial charge in [0.25, 0.3) is 5.91 Å². The second-order valence-electron chi connectivity index (χ2n) is 7.37. The highest BCUT2D eigenvalue weighted by molar-refractivity contribution is 7.15. The van der Waals surface area contributed by atoms with Gasteiger partial charge in [-0.25, -0.2) is 4.98 Å². The summed E-state index contributed by atoms with van der Waals surface area (Å²) in [5, 5.41) is 7.00. The number of hydrogen-bond acceptors (Lipinski definition) is 5. The van der Waals surface area contributed by atoms with E-state index < -0.39 is 0 Å². The molecule has 1 fully saturated rings. The zero-order valence-corrected chi connectivity index (χ0v) is 16.6. The molecule has 0 aliphatic carbocycles. The number of rotatable bonds is 6. The van der Waals surface area contributed by atoms with E-state index in [1.54, 1.807) is 11.3 Å². The van der Waals surface area contributed by atoms with Gasteiger partial charge in [0.1, 0.15) is 0 Å². The summed E-state index contributed by atoms with van der Waals surface area (Å²) in [4.78, 5) is 20.4. The van der Waals surface area contributed by atoms with E-state index >= 15 is 0 Å². The zero-order valence-electron chi connectivity index (χ0n) is 15.8. The highest BCUT2D eigenvalue weighted by Crippen LogP contribution is 2.31. The molecule has 6 heteroatoms. The Kier molecular flexibility index (Phi) is 6.27. The fourth-order valence-corrected chi connectivity index (χ4v) is 4.31. The van der Waals surface area contributed by atoms with E-state index in [0.717, 1.165) is 38.2 Å². The molecule has 1 aliphatic heterocycles. The highest BCUT2D eigenvalue weighted by atomic mass is 32.1. The minimum atomic E-state index is -0.103. The Hall–Kier alpha value is -1.92. The minimum Gasteiger partial charge on any atom is -0.374 e. The largest absolute Gasteiger partial charge is 0.374 e. The molecule has 3 rings (SSSR count). The molecule has 0 atom stereocenters. The average molecular weight is 373 g/mol. The summed E-state index contributed by atoms with van der Waals surface area (Å²) in [5.74, 6) is 1.06. The average Bonchev–Trinajstić information content (AvgIpc) is 3.10. The Morgan fingerprint density at radius 1 is 1.31 bits per heavy atom. The highest BCUT2D eigenvalue weighted by Gasteiger charge is 2.18. The number of carbonyl (C=O) groups is 1. The Morgan fingerprint density at radius 2 is 2.00 bits per heavy atom. The Morgan fingerprint density at radius 3 is 2.65 bits per heavy atom. The lowest BCUT2D eigenvalue weighted by molar-refractivity contribution is 0.102. The third kappa shape index (κ3) is 4.83. The van der Waals surface area contributed by atoms with Gasteiger partial charge in [0.2, 0.25) is 0 Å². The number of nitrogens with one attached hydrogen (secondary N) is 2. The molecule has 1 amide bonds. The van der Waals surface area contributed by atoms with E-state index in [9.17, 15) is 4.79 Å². The fraction of sp³-hybridized carbons (Fsp3) is 0.500. The molecule has 0 radical (unpaired) electrons. The summed E-state index contributed by atoms with van der Waals surface area (Å²) < 4.78 is 0. The molecule has 0 spiro atoms. The van der Waals surface area contributed by atoms with Gasteiger partial charge in [0.05, 0.1) is 0 Å². The summed E-state index contributed by atoms with van der Waals surface area (Å²) in [5.41, 5.74) is 1.78. The van der Waals surface area contributed by atoms with Crippen molar-refractivity contribution in [2.24, 2.45) is 5.92 Å². The standard InChI is InChI=1S/C20H28N4OS/c1-14(2)13-24(3)17-6-4-16(5-7-17)19(25)23-20-22-12-18(26-20)15-8-10-21-11-9-15/h4-7,12,14-15,21H,8-11,13H2,1-3H3,(H,22,23,25). The normalized spacial score (nSPS) is 15.2. The van der Waals surface area contributed by atoms with Crippen molar-refractivity contribution >= 4 is 28.1 Å². The lowest BCUT2D eigenvalue weighted by Crippen LogP contribution is -2.26. The zero-order chi connectivity index (χ0) is 18.5. The van der Waals surface area contributed by atoms with E-state index in [2.05, 4.69) is 41.4 Å². The van der Waals surface area contributed by atoms with Gasteiger partial charge in [-0.3, -0.25) is 10.1 Å². The van der Waals surface area contributed by atoms with Crippen molar-refractivity contribution in [1.82, 2.24) is 10.3 Å². The van der Waals surface area contributed by atoms with Gasteiger partial charge in [-0.15, -0.1) is 11.3 Å². The van der Waals surface area contributed by atoms with E-state index in [4.69, 9.17) is 0 Å². The Bertz CT molecular complexity index is 720. The molecule has 0 bridgehead atoms. The van der Waals surface area contributed by atoms with Crippen molar-refractivity contribution in [3.05, 3.63) is 40.9 Å². The van der Waals surface area contributed by atoms with Crippen LogP contribution in [0.4, 0.5) is 10.8 Å². The maximum absolute atomic E-state index is 12.5. The first-order valence-electron chi connectivity index (χ1n) is 9.32. The summed E-state index contributed by atoms with van der Waals surface area (Å²) in [7, 11) is 2.08. The van der Waals surface area contributed by atoms with Crippen molar-refractivity contribution < 1.29 is 4.79 Å². The van der Waals surface area contributed by atoms with E-state index in [-0.39, 0.29) is 5.91 Å². The number of nitrogens with zero attached hydrogens (tertiary/aromatic N) is 2. The molecule has 1 aromatic carbocycles. The first-order chi connectivity index (χ1) is 12.5. The molecule has 1 saturated heterocycles. The van der Waals surface area contributed by atoms with Gasteiger partial charge in [-0.2, -0.15) is 0 Å². The van der Waals surface area contributed by atoms with E-state index in [1.165, 1.54) is 4.88 Å². The first-order valence-corrected chi connectivity index (χ1v) is 10.1. The number of amides is 1. The SMILES string of the molecule is CC(C)CN(C)c1ccc(C(=O)Nc2ncc(C3CCNCC3)s2)cc1. The summed E-state index contributed by atoms with van der Waals surface area (Å²) >= 11 is 1.60. The fourth-order valence-electron chi connectivity index (χ4n) is 3.33. The molecule has 140 valence electrons. The molecule has 0 unspecified atom stereocenters. The van der Waals surface area contributed by atoms with Crippen LogP contribution in [-0.4, -0.2) is 37.6 Å². The van der Waals surface area contributed by atoms with Crippen LogP contribution in [0.25, 0.3) is 0 Å². The number of carbonyl (C=O) groups excluding carboxylic acids is 1. The quantitative estimate of drug-likeness (QED) is 0.806. The predicted molar refractivity (Wildman–Crippen MR) is 109 cm³/mol. The second kappa shape index (κ2) is 8.64. The van der Waals surface area contributed by atoms with Gasteiger partial charge in [-0.05, 0) is 62.0 Å². The molecule has 5 nitrogen and oxygen atoms in total. The number of thiazole rings is 1. The molecule has 1 aromatic heterocycles. The van der Waals surface area contributed by atoms with E-state index in [1.807, 2.05) is 30.5 Å². The van der Waals surface area contributed by atoms with Crippen molar-refractivity contribution in [2.75, 3.05) is 36.9 Å². The Labute approximate surface area is 159 Å². The predicted octanol–water partition coefficient (Wildman–Crippen LogP) is 3.95. The Balaban J connectivity index is 1.60. The number of piperidine rings is 1. The van der Waals surface area contributed by atoms with E-state index in [0.29, 0.717) is 22.5 Å². The monoisotopic (exact) mass is 372 g/mol. The van der Waals surface area contributed by atoms with Crippen LogP contribution >= 0.6 is 11.3 Å². The third-order valence-electron chi connectivity index (χ3n) is 4.69. The lowest BCUT2D eigenvalue weighted by atomic mass is 9.97. The smallest absolute Gasteiger partial charge is 0.257 e. The third-order valence-corrected chi connectivity index (χ3v) is 5.77. The van der Waals surface area contributed by atoms with Crippen LogP contribution in [0.3, 0.4) is 0 Å². The molecule has 1 aliphatic rings. The molecule has 2 N–H and O–H groups in total. The van der Waals surface area contributed by atoms with Crippen LogP contribution in [0.2, 0.25) is 0 Å². The molecular weight excluding hydrogens is 344 g/mol. The van der Waals surface area contributed by atoms with Gasteiger partial charge >= 0.3 is 0 Å². The van der Waals surface area contributed by atoms with Crippen molar-refractivity contribution in [3.63, 3.8) is 0 Å². The van der Waals surface area contributed by atoms with Gasteiger partial charge in [0, 0.05) is 35.9 Å². The maximum atomic E-state index is 12.5. The topological polar surface area (TPSA) is 57.3 Å². The number of aromatic nitrogens is 1. The first kappa shape index (κ1) is 18.9. The van der Waals surface area contributed by atoms with Crippen LogP contribution < -0.4 is 15.5 Å². The number of benzene rings is 1. The van der Waals surface area contributed by atoms with Crippen molar-refractivity contribution in [2.45, 2.75) is 32.6 Å².